The molecular formula is C25H31NO3. The van der Waals surface area contributed by atoms with Crippen molar-refractivity contribution in [3.8, 4) is 0 Å². The number of unbranched alkanes of at least 4 members (excludes halogenated alkanes) is 2. The van der Waals surface area contributed by atoms with Gasteiger partial charge < -0.3 is 14.7 Å². The van der Waals surface area contributed by atoms with E-state index in [4.69, 9.17) is 4.74 Å². The van der Waals surface area contributed by atoms with Crippen LogP contribution in [-0.4, -0.2) is 17.6 Å². The Morgan fingerprint density at radius 3 is 2.21 bits per heavy atom. The fraction of sp³-hybridized carbons (Fsp3) is 0.400. The van der Waals surface area contributed by atoms with Crippen LogP contribution in [0.25, 0.3) is 0 Å². The molecule has 0 saturated carbocycles. The van der Waals surface area contributed by atoms with E-state index in [1.54, 1.807) is 0 Å². The average Bonchev–Trinajstić information content (AvgIpc) is 2.74. The smallest absolute Gasteiger partial charge is 0.359 e. The summed E-state index contributed by atoms with van der Waals surface area (Å²) in [4.78, 5) is 15.1. The first-order valence-electron chi connectivity index (χ1n) is 10.6. The lowest BCUT2D eigenvalue weighted by Gasteiger charge is -2.40. The molecule has 0 aromatic heterocycles. The number of aliphatic hydroxyl groups is 1. The summed E-state index contributed by atoms with van der Waals surface area (Å²) < 4.78 is 6.14. The Labute approximate surface area is 173 Å². The largest absolute Gasteiger partial charge is 0.510 e. The molecule has 154 valence electrons. The molecule has 1 heterocycles. The number of nitrogens with zero attached hydrogens (tertiary/aromatic N) is 1. The quantitative estimate of drug-likeness (QED) is 0.413. The Morgan fingerprint density at radius 1 is 0.966 bits per heavy atom. The third-order valence-corrected chi connectivity index (χ3v) is 5.48. The minimum absolute atomic E-state index is 0.110. The van der Waals surface area contributed by atoms with Crippen molar-refractivity contribution in [1.82, 2.24) is 0 Å². The van der Waals surface area contributed by atoms with Gasteiger partial charge in [-0.3, -0.25) is 0 Å². The molecular weight excluding hydrogens is 362 g/mol. The van der Waals surface area contributed by atoms with Gasteiger partial charge in [0.2, 0.25) is 0 Å². The van der Waals surface area contributed by atoms with Gasteiger partial charge in [-0.05, 0) is 37.0 Å². The minimum Gasteiger partial charge on any atom is -0.510 e. The number of esters is 1. The van der Waals surface area contributed by atoms with Crippen molar-refractivity contribution in [2.45, 2.75) is 58.0 Å². The number of ether oxygens (including phenoxy) is 1. The minimum atomic E-state index is -0.810. The summed E-state index contributed by atoms with van der Waals surface area (Å²) in [5, 5.41) is 11.1. The number of carbonyl (C=O) groups excluding carboxylic acids is 1. The van der Waals surface area contributed by atoms with E-state index in [0.717, 1.165) is 36.9 Å². The van der Waals surface area contributed by atoms with Gasteiger partial charge in [0.1, 0.15) is 11.4 Å². The third kappa shape index (κ3) is 4.64. The maximum atomic E-state index is 13.2. The molecule has 29 heavy (non-hydrogen) atoms. The molecule has 0 bridgehead atoms. The molecule has 0 aliphatic carbocycles. The number of cyclic esters (lactones) is 1. The lowest BCUT2D eigenvalue weighted by Crippen LogP contribution is -2.42. The van der Waals surface area contributed by atoms with E-state index >= 15 is 0 Å². The Bertz CT molecular complexity index is 832. The van der Waals surface area contributed by atoms with E-state index in [9.17, 15) is 9.90 Å². The van der Waals surface area contributed by atoms with Crippen LogP contribution < -0.4 is 4.90 Å². The van der Waals surface area contributed by atoms with Crippen LogP contribution >= 0.6 is 0 Å². The number of para-hydroxylation sites is 1. The fourth-order valence-corrected chi connectivity index (χ4v) is 4.05. The second-order valence-electron chi connectivity index (χ2n) is 7.67. The number of carbonyl (C=O) groups is 1. The highest BCUT2D eigenvalue weighted by Crippen LogP contribution is 2.43. The SMILES string of the molecule is CCCCCC1(c2ccccc2)CC(O)=C(N(CCC)c2ccccc2)C(=O)O1. The van der Waals surface area contributed by atoms with Crippen LogP contribution in [0.1, 0.15) is 57.9 Å². The van der Waals surface area contributed by atoms with Gasteiger partial charge in [-0.15, -0.1) is 0 Å². The van der Waals surface area contributed by atoms with Crippen LogP contribution in [0.5, 0.6) is 0 Å². The van der Waals surface area contributed by atoms with E-state index in [2.05, 4.69) is 13.8 Å². The van der Waals surface area contributed by atoms with E-state index in [0.29, 0.717) is 19.4 Å². The second-order valence-corrected chi connectivity index (χ2v) is 7.67. The lowest BCUT2D eigenvalue weighted by atomic mass is 9.82. The molecule has 0 saturated heterocycles. The zero-order chi connectivity index (χ0) is 20.7. The summed E-state index contributed by atoms with van der Waals surface area (Å²) in [6.45, 7) is 4.84. The van der Waals surface area contributed by atoms with E-state index in [-0.39, 0.29) is 11.5 Å². The molecule has 2 aromatic rings. The highest BCUT2D eigenvalue weighted by atomic mass is 16.6. The van der Waals surface area contributed by atoms with Crippen LogP contribution in [0.2, 0.25) is 0 Å². The second kappa shape index (κ2) is 9.64. The van der Waals surface area contributed by atoms with Crippen LogP contribution in [-0.2, 0) is 15.1 Å². The van der Waals surface area contributed by atoms with Crippen molar-refractivity contribution in [2.24, 2.45) is 0 Å². The van der Waals surface area contributed by atoms with E-state index in [1.807, 2.05) is 65.6 Å². The summed E-state index contributed by atoms with van der Waals surface area (Å²) in [5.74, 6) is -0.342. The first kappa shape index (κ1) is 21.0. The molecule has 0 amide bonds. The first-order valence-corrected chi connectivity index (χ1v) is 10.6. The lowest BCUT2D eigenvalue weighted by molar-refractivity contribution is -0.161. The average molecular weight is 394 g/mol. The molecule has 0 radical (unpaired) electrons. The van der Waals surface area contributed by atoms with Gasteiger partial charge in [-0.1, -0.05) is 75.2 Å². The van der Waals surface area contributed by atoms with Crippen LogP contribution in [0.3, 0.4) is 0 Å². The van der Waals surface area contributed by atoms with Gasteiger partial charge >= 0.3 is 5.97 Å². The number of rotatable bonds is 9. The van der Waals surface area contributed by atoms with Gasteiger partial charge in [0, 0.05) is 12.2 Å². The van der Waals surface area contributed by atoms with Crippen LogP contribution in [0, 0.1) is 0 Å². The summed E-state index contributed by atoms with van der Waals surface area (Å²) in [6.07, 6.45) is 4.94. The fourth-order valence-electron chi connectivity index (χ4n) is 4.05. The van der Waals surface area contributed by atoms with Crippen molar-refractivity contribution >= 4 is 11.7 Å². The Hall–Kier alpha value is -2.75. The predicted octanol–water partition coefficient (Wildman–Crippen LogP) is 6.10. The van der Waals surface area contributed by atoms with Gasteiger partial charge in [0.05, 0.1) is 6.42 Å². The van der Waals surface area contributed by atoms with Gasteiger partial charge in [-0.25, -0.2) is 4.79 Å². The molecule has 0 spiro atoms. The maximum Gasteiger partial charge on any atom is 0.359 e. The van der Waals surface area contributed by atoms with E-state index in [1.165, 1.54) is 0 Å². The Balaban J connectivity index is 1.99. The molecule has 1 atom stereocenters. The van der Waals surface area contributed by atoms with E-state index < -0.39 is 11.6 Å². The van der Waals surface area contributed by atoms with Crippen molar-refractivity contribution in [1.29, 1.82) is 0 Å². The molecule has 1 aliphatic heterocycles. The van der Waals surface area contributed by atoms with Gasteiger partial charge in [-0.2, -0.15) is 0 Å². The third-order valence-electron chi connectivity index (χ3n) is 5.48. The zero-order valence-electron chi connectivity index (χ0n) is 17.4. The standard InChI is InChI=1S/C25H31NO3/c1-3-5-12-17-25(20-13-8-6-9-14-20)19-22(27)23(24(28)29-25)26(18-4-2)21-15-10-7-11-16-21/h6-11,13-16,27H,3-5,12,17-19H2,1-2H3. The number of hydrogen-bond acceptors (Lipinski definition) is 4. The number of hydrogen-bond donors (Lipinski definition) is 1. The Kier molecular flexibility index (Phi) is 6.97. The highest BCUT2D eigenvalue weighted by Gasteiger charge is 2.44. The van der Waals surface area contributed by atoms with Crippen molar-refractivity contribution in [3.05, 3.63) is 77.7 Å². The molecule has 3 rings (SSSR count). The van der Waals surface area contributed by atoms with Crippen molar-refractivity contribution in [3.63, 3.8) is 0 Å². The van der Waals surface area contributed by atoms with Gasteiger partial charge in [0.25, 0.3) is 0 Å². The summed E-state index contributed by atoms with van der Waals surface area (Å²) >= 11 is 0. The number of anilines is 1. The normalized spacial score (nSPS) is 19.2. The van der Waals surface area contributed by atoms with Crippen LogP contribution in [0.15, 0.2) is 72.1 Å². The zero-order valence-corrected chi connectivity index (χ0v) is 17.4. The summed E-state index contributed by atoms with van der Waals surface area (Å²) in [5.41, 5.74) is 1.28. The molecule has 1 unspecified atom stereocenters. The topological polar surface area (TPSA) is 49.8 Å². The molecule has 1 N–H and O–H groups in total. The molecule has 0 fully saturated rings. The molecule has 4 nitrogen and oxygen atoms in total. The summed E-state index contributed by atoms with van der Waals surface area (Å²) in [7, 11) is 0. The molecule has 4 heteroatoms. The first-order chi connectivity index (χ1) is 14.1. The van der Waals surface area contributed by atoms with Crippen LogP contribution in [0.4, 0.5) is 5.69 Å². The van der Waals surface area contributed by atoms with Crippen molar-refractivity contribution in [2.75, 3.05) is 11.4 Å². The summed E-state index contributed by atoms with van der Waals surface area (Å²) in [6, 6.07) is 19.5. The van der Waals surface area contributed by atoms with Gasteiger partial charge in [0.15, 0.2) is 5.70 Å². The predicted molar refractivity (Wildman–Crippen MR) is 117 cm³/mol. The highest BCUT2D eigenvalue weighted by molar-refractivity contribution is 5.94. The number of aliphatic hydroxyl groups excluding tert-OH is 1. The van der Waals surface area contributed by atoms with Crippen molar-refractivity contribution < 1.29 is 14.6 Å². The Morgan fingerprint density at radius 2 is 1.62 bits per heavy atom. The molecule has 2 aromatic carbocycles. The number of benzene rings is 2. The molecule has 1 aliphatic rings. The maximum absolute atomic E-state index is 13.2. The monoisotopic (exact) mass is 393 g/mol.